The fraction of sp³-hybridized carbons (Fsp3) is 0. The van der Waals surface area contributed by atoms with Crippen LogP contribution in [0.4, 0.5) is 5.69 Å². The van der Waals surface area contributed by atoms with Crippen molar-refractivity contribution in [2.75, 3.05) is 5.73 Å². The van der Waals surface area contributed by atoms with Crippen molar-refractivity contribution in [1.29, 1.82) is 0 Å². The lowest BCUT2D eigenvalue weighted by Gasteiger charge is -2.04. The van der Waals surface area contributed by atoms with E-state index in [1.165, 1.54) is 6.33 Å². The lowest BCUT2D eigenvalue weighted by molar-refractivity contribution is 1.16. The van der Waals surface area contributed by atoms with Crippen LogP contribution >= 0.6 is 15.9 Å². The summed E-state index contributed by atoms with van der Waals surface area (Å²) < 4.78 is 0.773. The number of pyridine rings is 1. The van der Waals surface area contributed by atoms with Gasteiger partial charge in [0.15, 0.2) is 0 Å². The van der Waals surface area contributed by atoms with Crippen LogP contribution in [0, 0.1) is 0 Å². The van der Waals surface area contributed by atoms with Gasteiger partial charge in [-0.1, -0.05) is 0 Å². The Morgan fingerprint density at radius 1 is 1.21 bits per heavy atom. The van der Waals surface area contributed by atoms with Crippen LogP contribution in [-0.2, 0) is 0 Å². The summed E-state index contributed by atoms with van der Waals surface area (Å²) in [5.74, 6) is 0. The zero-order chi connectivity index (χ0) is 9.97. The van der Waals surface area contributed by atoms with Gasteiger partial charge in [0.1, 0.15) is 6.33 Å². The van der Waals surface area contributed by atoms with E-state index in [2.05, 4.69) is 30.9 Å². The topological polar surface area (TPSA) is 64.7 Å². The molecule has 0 fully saturated rings. The van der Waals surface area contributed by atoms with Crippen LogP contribution in [0.5, 0.6) is 0 Å². The number of nitrogen functional groups attached to an aromatic ring is 1. The highest BCUT2D eigenvalue weighted by molar-refractivity contribution is 9.10. The molecule has 2 N–H and O–H groups in total. The van der Waals surface area contributed by atoms with E-state index in [1.54, 1.807) is 24.7 Å². The first kappa shape index (κ1) is 9.08. The van der Waals surface area contributed by atoms with Crippen LogP contribution in [0.25, 0.3) is 11.3 Å². The lowest BCUT2D eigenvalue weighted by atomic mass is 10.2. The van der Waals surface area contributed by atoms with Crippen LogP contribution in [-0.4, -0.2) is 15.0 Å². The Kier molecular flexibility index (Phi) is 2.41. The van der Waals surface area contributed by atoms with Gasteiger partial charge in [-0.15, -0.1) is 0 Å². The van der Waals surface area contributed by atoms with Crippen molar-refractivity contribution < 1.29 is 0 Å². The van der Waals surface area contributed by atoms with Gasteiger partial charge < -0.3 is 5.73 Å². The maximum atomic E-state index is 5.73. The number of hydrogen-bond acceptors (Lipinski definition) is 4. The summed E-state index contributed by atoms with van der Waals surface area (Å²) in [6.45, 7) is 0. The molecule has 0 saturated carbocycles. The second kappa shape index (κ2) is 3.71. The number of nitrogens with zero attached hydrogens (tertiary/aromatic N) is 3. The minimum atomic E-state index is 0.652. The molecule has 2 aromatic rings. The van der Waals surface area contributed by atoms with Gasteiger partial charge in [-0.2, -0.15) is 0 Å². The average molecular weight is 251 g/mol. The van der Waals surface area contributed by atoms with Crippen molar-refractivity contribution in [1.82, 2.24) is 15.0 Å². The standard InChI is InChI=1S/C9H7BrN4/c10-8-7(11)1-2-14-9(8)6-3-12-5-13-4-6/h1-5H,(H2,11,14). The van der Waals surface area contributed by atoms with E-state index in [1.807, 2.05) is 0 Å². The summed E-state index contributed by atoms with van der Waals surface area (Å²) in [6, 6.07) is 1.73. The Labute approximate surface area is 89.4 Å². The van der Waals surface area contributed by atoms with Gasteiger partial charge in [-0.05, 0) is 22.0 Å². The first-order chi connectivity index (χ1) is 6.79. The molecule has 0 unspecified atom stereocenters. The van der Waals surface area contributed by atoms with E-state index in [-0.39, 0.29) is 0 Å². The highest BCUT2D eigenvalue weighted by atomic mass is 79.9. The van der Waals surface area contributed by atoms with Gasteiger partial charge in [-0.25, -0.2) is 9.97 Å². The van der Waals surface area contributed by atoms with E-state index in [0.717, 1.165) is 15.7 Å². The molecule has 4 nitrogen and oxygen atoms in total. The Balaban J connectivity index is 2.58. The van der Waals surface area contributed by atoms with Gasteiger partial charge >= 0.3 is 0 Å². The van der Waals surface area contributed by atoms with E-state index < -0.39 is 0 Å². The molecule has 14 heavy (non-hydrogen) atoms. The van der Waals surface area contributed by atoms with Crippen LogP contribution in [0.2, 0.25) is 0 Å². The van der Waals surface area contributed by atoms with Gasteiger partial charge in [0, 0.05) is 29.8 Å². The Morgan fingerprint density at radius 2 is 1.93 bits per heavy atom. The minimum absolute atomic E-state index is 0.652. The van der Waals surface area contributed by atoms with Gasteiger partial charge in [0.2, 0.25) is 0 Å². The fourth-order valence-electron chi connectivity index (χ4n) is 1.08. The highest BCUT2D eigenvalue weighted by Gasteiger charge is 2.06. The molecule has 2 rings (SSSR count). The van der Waals surface area contributed by atoms with Crippen LogP contribution < -0.4 is 5.73 Å². The Bertz CT molecular complexity index is 444. The summed E-state index contributed by atoms with van der Waals surface area (Å²) in [7, 11) is 0. The quantitative estimate of drug-likeness (QED) is 0.840. The highest BCUT2D eigenvalue weighted by Crippen LogP contribution is 2.29. The van der Waals surface area contributed by atoms with Gasteiger partial charge in [-0.3, -0.25) is 4.98 Å². The number of aromatic nitrogens is 3. The molecule has 0 aliphatic rings. The number of halogens is 1. The number of rotatable bonds is 1. The molecule has 70 valence electrons. The Hall–Kier alpha value is -1.49. The van der Waals surface area contributed by atoms with Crippen molar-refractivity contribution in [2.45, 2.75) is 0 Å². The first-order valence-corrected chi connectivity index (χ1v) is 4.73. The summed E-state index contributed by atoms with van der Waals surface area (Å²) in [6.07, 6.45) is 6.52. The number of hydrogen-bond donors (Lipinski definition) is 1. The normalized spacial score (nSPS) is 10.1. The molecule has 0 aromatic carbocycles. The molecule has 0 saturated heterocycles. The predicted octanol–water partition coefficient (Wildman–Crippen LogP) is 1.88. The summed E-state index contributed by atoms with van der Waals surface area (Å²) in [5, 5.41) is 0. The van der Waals surface area contributed by atoms with Crippen molar-refractivity contribution in [3.05, 3.63) is 35.5 Å². The molecule has 2 heterocycles. The third kappa shape index (κ3) is 1.58. The molecular formula is C9H7BrN4. The van der Waals surface area contributed by atoms with Crippen LogP contribution in [0.3, 0.4) is 0 Å². The number of anilines is 1. The largest absolute Gasteiger partial charge is 0.398 e. The maximum absolute atomic E-state index is 5.73. The van der Waals surface area contributed by atoms with Crippen molar-refractivity contribution in [3.63, 3.8) is 0 Å². The van der Waals surface area contributed by atoms with E-state index in [9.17, 15) is 0 Å². The van der Waals surface area contributed by atoms with E-state index in [4.69, 9.17) is 5.73 Å². The summed E-state index contributed by atoms with van der Waals surface area (Å²) in [5.41, 5.74) is 7.98. The molecule has 2 aromatic heterocycles. The third-order valence-electron chi connectivity index (χ3n) is 1.75. The van der Waals surface area contributed by atoms with Crippen LogP contribution in [0.15, 0.2) is 35.5 Å². The van der Waals surface area contributed by atoms with Gasteiger partial charge in [0.05, 0.1) is 10.2 Å². The molecule has 0 aliphatic heterocycles. The first-order valence-electron chi connectivity index (χ1n) is 3.94. The maximum Gasteiger partial charge on any atom is 0.115 e. The van der Waals surface area contributed by atoms with Gasteiger partial charge in [0.25, 0.3) is 0 Å². The summed E-state index contributed by atoms with van der Waals surface area (Å²) >= 11 is 3.37. The van der Waals surface area contributed by atoms with E-state index >= 15 is 0 Å². The zero-order valence-corrected chi connectivity index (χ0v) is 8.77. The smallest absolute Gasteiger partial charge is 0.115 e. The molecular weight excluding hydrogens is 244 g/mol. The average Bonchev–Trinajstić information content (AvgIpc) is 2.23. The molecule has 0 amide bonds. The van der Waals surface area contributed by atoms with Crippen molar-refractivity contribution >= 4 is 21.6 Å². The molecule has 0 aliphatic carbocycles. The second-order valence-electron chi connectivity index (χ2n) is 2.69. The molecule has 5 heteroatoms. The Morgan fingerprint density at radius 3 is 2.64 bits per heavy atom. The summed E-state index contributed by atoms with van der Waals surface area (Å²) in [4.78, 5) is 12.0. The molecule has 0 radical (unpaired) electrons. The van der Waals surface area contributed by atoms with Crippen LogP contribution in [0.1, 0.15) is 0 Å². The lowest BCUT2D eigenvalue weighted by Crippen LogP contribution is -1.92. The van der Waals surface area contributed by atoms with E-state index in [0.29, 0.717) is 5.69 Å². The zero-order valence-electron chi connectivity index (χ0n) is 7.18. The number of nitrogens with two attached hydrogens (primary N) is 1. The minimum Gasteiger partial charge on any atom is -0.398 e. The predicted molar refractivity (Wildman–Crippen MR) is 57.4 cm³/mol. The second-order valence-corrected chi connectivity index (χ2v) is 3.48. The third-order valence-corrected chi connectivity index (χ3v) is 2.59. The van der Waals surface area contributed by atoms with Crippen molar-refractivity contribution in [2.24, 2.45) is 0 Å². The van der Waals surface area contributed by atoms with Crippen molar-refractivity contribution in [3.8, 4) is 11.3 Å². The fourth-order valence-corrected chi connectivity index (χ4v) is 1.54. The molecule has 0 spiro atoms. The molecule has 0 atom stereocenters. The SMILES string of the molecule is Nc1ccnc(-c2cncnc2)c1Br. The molecule has 0 bridgehead atoms. The monoisotopic (exact) mass is 250 g/mol.